The first-order valence-electron chi connectivity index (χ1n) is 8.44. The molecule has 4 aromatic rings. The molecule has 2 aromatic heterocycles. The zero-order valence-corrected chi connectivity index (χ0v) is 16.3. The van der Waals surface area contributed by atoms with Crippen molar-refractivity contribution in [3.63, 3.8) is 0 Å². The first-order chi connectivity index (χ1) is 13.8. The minimum absolute atomic E-state index is 0.150. The second kappa shape index (κ2) is 8.33. The number of para-hydroxylation sites is 2. The lowest BCUT2D eigenvalue weighted by molar-refractivity contribution is 0.864. The normalized spacial score (nSPS) is 10.8. The van der Waals surface area contributed by atoms with E-state index in [0.717, 1.165) is 16.7 Å². The summed E-state index contributed by atoms with van der Waals surface area (Å²) in [5.74, 6) is 4.38. The molecule has 0 aliphatic heterocycles. The number of fused-ring (bicyclic) bond motifs is 1. The maximum absolute atomic E-state index is 12.3. The second-order valence-electron chi connectivity index (χ2n) is 5.74. The number of hydrogen-bond donors (Lipinski definition) is 1. The lowest BCUT2D eigenvalue weighted by Crippen LogP contribution is -2.09. The van der Waals surface area contributed by atoms with E-state index in [2.05, 4.69) is 26.1 Å². The fourth-order valence-corrected chi connectivity index (χ4v) is 4.13. The standard InChI is InChI=1S/C20H15N5OS2/c1-2-12-27-20-24-23-17(25(20)14-8-4-3-5-9-14)13-28-19-21-16-11-7-6-10-15(16)18(26)22-19/h1,3-11H,12-13H2,(H,21,22,26). The number of benzene rings is 2. The van der Waals surface area contributed by atoms with Crippen LogP contribution in [0.25, 0.3) is 16.6 Å². The van der Waals surface area contributed by atoms with E-state index in [1.807, 2.05) is 53.1 Å². The Morgan fingerprint density at radius 3 is 2.64 bits per heavy atom. The van der Waals surface area contributed by atoms with Gasteiger partial charge in [0.15, 0.2) is 10.3 Å². The fourth-order valence-electron chi connectivity index (χ4n) is 2.70. The van der Waals surface area contributed by atoms with E-state index in [9.17, 15) is 4.79 Å². The van der Waals surface area contributed by atoms with Gasteiger partial charge in [-0.2, -0.15) is 0 Å². The molecule has 4 rings (SSSR count). The molecule has 2 heterocycles. The van der Waals surface area contributed by atoms with Crippen LogP contribution in [0.5, 0.6) is 0 Å². The van der Waals surface area contributed by atoms with E-state index in [1.165, 1.54) is 23.5 Å². The molecule has 6 nitrogen and oxygen atoms in total. The molecule has 0 bridgehead atoms. The van der Waals surface area contributed by atoms with Gasteiger partial charge in [0.25, 0.3) is 5.56 Å². The van der Waals surface area contributed by atoms with E-state index in [1.54, 1.807) is 6.07 Å². The van der Waals surface area contributed by atoms with Gasteiger partial charge in [0.05, 0.1) is 22.4 Å². The summed E-state index contributed by atoms with van der Waals surface area (Å²) in [6, 6.07) is 17.1. The predicted molar refractivity (Wildman–Crippen MR) is 113 cm³/mol. The van der Waals surface area contributed by atoms with E-state index < -0.39 is 0 Å². The van der Waals surface area contributed by atoms with Crippen molar-refractivity contribution in [3.05, 3.63) is 70.8 Å². The third-order valence-electron chi connectivity index (χ3n) is 3.93. The molecule has 8 heteroatoms. The highest BCUT2D eigenvalue weighted by atomic mass is 32.2. The Bertz CT molecular complexity index is 1210. The summed E-state index contributed by atoms with van der Waals surface area (Å²) in [6.45, 7) is 0. The molecule has 0 atom stereocenters. The maximum Gasteiger partial charge on any atom is 0.259 e. The van der Waals surface area contributed by atoms with Crippen LogP contribution in [0.4, 0.5) is 0 Å². The van der Waals surface area contributed by atoms with Crippen LogP contribution in [-0.2, 0) is 5.75 Å². The van der Waals surface area contributed by atoms with Crippen LogP contribution in [0.15, 0.2) is 69.7 Å². The van der Waals surface area contributed by atoms with E-state index in [4.69, 9.17) is 6.42 Å². The van der Waals surface area contributed by atoms with Gasteiger partial charge in [0, 0.05) is 5.69 Å². The van der Waals surface area contributed by atoms with Crippen molar-refractivity contribution in [2.45, 2.75) is 16.1 Å². The number of nitrogens with one attached hydrogen (secondary N) is 1. The molecule has 0 amide bonds. The molecule has 0 saturated carbocycles. The summed E-state index contributed by atoms with van der Waals surface area (Å²) >= 11 is 2.87. The average molecular weight is 406 g/mol. The van der Waals surface area contributed by atoms with Crippen molar-refractivity contribution in [2.75, 3.05) is 5.75 Å². The molecule has 0 radical (unpaired) electrons. The van der Waals surface area contributed by atoms with Crippen LogP contribution < -0.4 is 5.56 Å². The lowest BCUT2D eigenvalue weighted by Gasteiger charge is -2.09. The van der Waals surface area contributed by atoms with Gasteiger partial charge in [0.2, 0.25) is 0 Å². The van der Waals surface area contributed by atoms with Crippen LogP contribution in [-0.4, -0.2) is 30.5 Å². The molecule has 1 N–H and O–H groups in total. The van der Waals surface area contributed by atoms with Gasteiger partial charge in [-0.25, -0.2) is 4.98 Å². The van der Waals surface area contributed by atoms with Crippen molar-refractivity contribution >= 4 is 34.4 Å². The van der Waals surface area contributed by atoms with E-state index in [-0.39, 0.29) is 5.56 Å². The van der Waals surface area contributed by atoms with Crippen molar-refractivity contribution in [3.8, 4) is 18.0 Å². The molecule has 0 unspecified atom stereocenters. The van der Waals surface area contributed by atoms with Crippen LogP contribution in [0.3, 0.4) is 0 Å². The molecule has 0 aliphatic rings. The number of nitrogens with zero attached hydrogens (tertiary/aromatic N) is 4. The Hall–Kier alpha value is -3.02. The maximum atomic E-state index is 12.3. The fraction of sp³-hybridized carbons (Fsp3) is 0.100. The minimum Gasteiger partial charge on any atom is -0.301 e. The molecule has 0 saturated heterocycles. The molecule has 0 spiro atoms. The molecule has 0 fully saturated rings. The molecule has 0 aliphatic carbocycles. The van der Waals surface area contributed by atoms with Crippen LogP contribution in [0, 0.1) is 12.3 Å². The van der Waals surface area contributed by atoms with Gasteiger partial charge in [-0.3, -0.25) is 9.36 Å². The predicted octanol–water partition coefficient (Wildman–Crippen LogP) is 3.52. The Morgan fingerprint density at radius 1 is 1.04 bits per heavy atom. The van der Waals surface area contributed by atoms with Crippen LogP contribution in [0.2, 0.25) is 0 Å². The lowest BCUT2D eigenvalue weighted by atomic mass is 10.2. The zero-order valence-electron chi connectivity index (χ0n) is 14.7. The number of rotatable bonds is 6. The van der Waals surface area contributed by atoms with Crippen molar-refractivity contribution < 1.29 is 0 Å². The van der Waals surface area contributed by atoms with Gasteiger partial charge in [-0.1, -0.05) is 59.8 Å². The highest BCUT2D eigenvalue weighted by molar-refractivity contribution is 7.99. The van der Waals surface area contributed by atoms with Crippen LogP contribution in [0.1, 0.15) is 5.82 Å². The number of terminal acetylenes is 1. The monoisotopic (exact) mass is 405 g/mol. The average Bonchev–Trinajstić information content (AvgIpc) is 3.14. The Labute approximate surface area is 169 Å². The zero-order chi connectivity index (χ0) is 19.3. The first-order valence-corrected chi connectivity index (χ1v) is 10.4. The number of thioether (sulfide) groups is 2. The SMILES string of the molecule is C#CCSc1nnc(CSc2nc3ccccc3c(=O)[nH]2)n1-c1ccccc1. The third-order valence-corrected chi connectivity index (χ3v) is 5.63. The minimum atomic E-state index is -0.150. The molecule has 28 heavy (non-hydrogen) atoms. The Kier molecular flexibility index (Phi) is 5.46. The first kappa shape index (κ1) is 18.3. The summed E-state index contributed by atoms with van der Waals surface area (Å²) in [6.07, 6.45) is 5.39. The summed E-state index contributed by atoms with van der Waals surface area (Å²) < 4.78 is 1.98. The molecular weight excluding hydrogens is 390 g/mol. The topological polar surface area (TPSA) is 76.5 Å². The summed E-state index contributed by atoms with van der Waals surface area (Å²) in [4.78, 5) is 19.6. The second-order valence-corrected chi connectivity index (χ2v) is 7.65. The molecule has 138 valence electrons. The highest BCUT2D eigenvalue weighted by Gasteiger charge is 2.15. The van der Waals surface area contributed by atoms with Gasteiger partial charge in [0.1, 0.15) is 5.82 Å². The van der Waals surface area contributed by atoms with Crippen molar-refractivity contribution in [2.24, 2.45) is 0 Å². The Morgan fingerprint density at radius 2 is 1.82 bits per heavy atom. The van der Waals surface area contributed by atoms with Gasteiger partial charge in [-0.05, 0) is 24.3 Å². The summed E-state index contributed by atoms with van der Waals surface area (Å²) in [5, 5.41) is 10.5. The summed E-state index contributed by atoms with van der Waals surface area (Å²) in [5.41, 5.74) is 1.48. The highest BCUT2D eigenvalue weighted by Crippen LogP contribution is 2.26. The van der Waals surface area contributed by atoms with Gasteiger partial charge >= 0.3 is 0 Å². The largest absolute Gasteiger partial charge is 0.301 e. The smallest absolute Gasteiger partial charge is 0.259 e. The number of aromatic nitrogens is 5. The van der Waals surface area contributed by atoms with Crippen LogP contribution >= 0.6 is 23.5 Å². The van der Waals surface area contributed by atoms with Gasteiger partial charge in [-0.15, -0.1) is 16.6 Å². The number of H-pyrrole nitrogens is 1. The van der Waals surface area contributed by atoms with Gasteiger partial charge < -0.3 is 4.98 Å². The van der Waals surface area contributed by atoms with Crippen molar-refractivity contribution in [1.29, 1.82) is 0 Å². The number of hydrogen-bond acceptors (Lipinski definition) is 6. The Balaban J connectivity index is 1.64. The molecule has 2 aromatic carbocycles. The summed E-state index contributed by atoms with van der Waals surface area (Å²) in [7, 11) is 0. The van der Waals surface area contributed by atoms with E-state index >= 15 is 0 Å². The third kappa shape index (κ3) is 3.81. The number of aromatic amines is 1. The van der Waals surface area contributed by atoms with E-state index in [0.29, 0.717) is 27.6 Å². The quantitative estimate of drug-likeness (QED) is 0.300. The van der Waals surface area contributed by atoms with Crippen molar-refractivity contribution in [1.82, 2.24) is 24.7 Å². The molecular formula is C20H15N5OS2.